The number of ether oxygens (including phenoxy) is 1. The molecule has 1 amide bonds. The van der Waals surface area contributed by atoms with Crippen LogP contribution >= 0.6 is 11.3 Å². The van der Waals surface area contributed by atoms with Crippen molar-refractivity contribution < 1.29 is 14.3 Å². The zero-order chi connectivity index (χ0) is 21.3. The number of fused-ring (bicyclic) bond motifs is 2. The molecule has 0 spiro atoms. The number of esters is 1. The number of anilines is 3. The number of carbonyl (C=O) groups excluding carboxylic acids is 2. The highest BCUT2D eigenvalue weighted by Gasteiger charge is 2.31. The van der Waals surface area contributed by atoms with Crippen molar-refractivity contribution in [2.75, 3.05) is 35.2 Å². The van der Waals surface area contributed by atoms with Crippen LogP contribution in [-0.2, 0) is 22.4 Å². The molecule has 0 bridgehead atoms. The monoisotopic (exact) mass is 427 g/mol. The average Bonchev–Trinajstić information content (AvgIpc) is 3.05. The number of hydrogen-bond acceptors (Lipinski definition) is 6. The van der Waals surface area contributed by atoms with Crippen LogP contribution in [0.1, 0.15) is 54.4 Å². The lowest BCUT2D eigenvalue weighted by molar-refractivity contribution is -0.115. The van der Waals surface area contributed by atoms with Crippen LogP contribution in [0.15, 0.2) is 24.3 Å². The third kappa shape index (κ3) is 4.17. The number of carbonyl (C=O) groups is 2. The van der Waals surface area contributed by atoms with Gasteiger partial charge in [0, 0.05) is 17.0 Å². The summed E-state index contributed by atoms with van der Waals surface area (Å²) in [6.45, 7) is 7.32. The highest BCUT2D eigenvalue weighted by atomic mass is 32.1. The average molecular weight is 428 g/mol. The molecule has 160 valence electrons. The van der Waals surface area contributed by atoms with Gasteiger partial charge in [-0.15, -0.1) is 11.3 Å². The number of nitrogens with one attached hydrogen (secondary N) is 2. The normalized spacial score (nSPS) is 16.8. The van der Waals surface area contributed by atoms with Gasteiger partial charge in [-0.25, -0.2) is 4.79 Å². The Morgan fingerprint density at radius 3 is 2.80 bits per heavy atom. The van der Waals surface area contributed by atoms with E-state index in [0.717, 1.165) is 42.6 Å². The molecule has 2 aliphatic rings. The van der Waals surface area contributed by atoms with Gasteiger partial charge in [-0.3, -0.25) is 4.79 Å². The first kappa shape index (κ1) is 20.7. The van der Waals surface area contributed by atoms with Gasteiger partial charge in [-0.05, 0) is 64.2 Å². The third-order valence-electron chi connectivity index (χ3n) is 5.54. The Bertz CT molecular complexity index is 967. The number of rotatable bonds is 5. The smallest absolute Gasteiger partial charge is 0.341 e. The topological polar surface area (TPSA) is 70.7 Å². The van der Waals surface area contributed by atoms with Crippen molar-refractivity contribution in [3.05, 3.63) is 40.3 Å². The molecule has 2 N–H and O–H groups in total. The second-order valence-corrected chi connectivity index (χ2v) is 9.67. The predicted octanol–water partition coefficient (Wildman–Crippen LogP) is 4.45. The van der Waals surface area contributed by atoms with Crippen LogP contribution in [0.4, 0.5) is 16.4 Å². The van der Waals surface area contributed by atoms with Crippen LogP contribution < -0.4 is 15.5 Å². The van der Waals surface area contributed by atoms with E-state index < -0.39 is 0 Å². The van der Waals surface area contributed by atoms with Gasteiger partial charge < -0.3 is 20.3 Å². The second kappa shape index (κ2) is 8.30. The van der Waals surface area contributed by atoms with Gasteiger partial charge in [0.15, 0.2) is 0 Å². The summed E-state index contributed by atoms with van der Waals surface area (Å²) in [4.78, 5) is 29.0. The molecule has 0 saturated heterocycles. The molecule has 2 aromatic rings. The van der Waals surface area contributed by atoms with E-state index in [0.29, 0.717) is 23.7 Å². The van der Waals surface area contributed by atoms with Gasteiger partial charge in [-0.2, -0.15) is 0 Å². The van der Waals surface area contributed by atoms with Crippen molar-refractivity contribution in [1.29, 1.82) is 0 Å². The standard InChI is InChI=1S/C23H29N3O3S/c1-4-29-22(28)20-15-9-5-8-12-18(15)30-21(20)24-19(27)13-26-14-23(2,3)25-16-10-6-7-11-17(16)26/h6-7,10-11,25H,4-5,8-9,12-14H2,1-3H3,(H,24,27). The molecule has 6 nitrogen and oxygen atoms in total. The third-order valence-corrected chi connectivity index (χ3v) is 6.75. The van der Waals surface area contributed by atoms with Crippen molar-refractivity contribution in [3.63, 3.8) is 0 Å². The van der Waals surface area contributed by atoms with Crippen LogP contribution in [0.3, 0.4) is 0 Å². The maximum atomic E-state index is 13.0. The first-order valence-corrected chi connectivity index (χ1v) is 11.4. The molecule has 1 aliphatic heterocycles. The number of amides is 1. The van der Waals surface area contributed by atoms with Gasteiger partial charge in [0.2, 0.25) is 5.91 Å². The molecule has 1 aromatic carbocycles. The summed E-state index contributed by atoms with van der Waals surface area (Å²) in [5, 5.41) is 7.19. The molecule has 0 unspecified atom stereocenters. The van der Waals surface area contributed by atoms with E-state index in [-0.39, 0.29) is 24.0 Å². The van der Waals surface area contributed by atoms with Crippen LogP contribution in [0.5, 0.6) is 0 Å². The zero-order valence-corrected chi connectivity index (χ0v) is 18.7. The lowest BCUT2D eigenvalue weighted by Gasteiger charge is -2.41. The molecule has 0 fully saturated rings. The predicted molar refractivity (Wildman–Crippen MR) is 122 cm³/mol. The van der Waals surface area contributed by atoms with Crippen molar-refractivity contribution in [2.24, 2.45) is 0 Å². The van der Waals surface area contributed by atoms with Crippen molar-refractivity contribution >= 4 is 39.6 Å². The molecule has 0 saturated carbocycles. The molecule has 0 radical (unpaired) electrons. The minimum absolute atomic E-state index is 0.119. The van der Waals surface area contributed by atoms with Crippen LogP contribution in [0.2, 0.25) is 0 Å². The molecule has 4 rings (SSSR count). The van der Waals surface area contributed by atoms with Crippen molar-refractivity contribution in [3.8, 4) is 0 Å². The number of benzene rings is 1. The molecule has 1 aliphatic carbocycles. The Labute approximate surface area is 181 Å². The minimum Gasteiger partial charge on any atom is -0.462 e. The Morgan fingerprint density at radius 1 is 1.23 bits per heavy atom. The molecule has 30 heavy (non-hydrogen) atoms. The van der Waals surface area contributed by atoms with E-state index in [2.05, 4.69) is 29.4 Å². The maximum Gasteiger partial charge on any atom is 0.341 e. The quantitative estimate of drug-likeness (QED) is 0.690. The number of hydrogen-bond donors (Lipinski definition) is 2. The summed E-state index contributed by atoms with van der Waals surface area (Å²) in [6.07, 6.45) is 4.02. The maximum absolute atomic E-state index is 13.0. The number of aryl methyl sites for hydroxylation is 1. The lowest BCUT2D eigenvalue weighted by Crippen LogP contribution is -2.50. The first-order chi connectivity index (χ1) is 14.4. The van der Waals surface area contributed by atoms with Gasteiger partial charge in [0.1, 0.15) is 5.00 Å². The van der Waals surface area contributed by atoms with Gasteiger partial charge in [0.25, 0.3) is 0 Å². The first-order valence-electron chi connectivity index (χ1n) is 10.6. The van der Waals surface area contributed by atoms with Crippen LogP contribution in [0, 0.1) is 0 Å². The second-order valence-electron chi connectivity index (χ2n) is 8.57. The van der Waals surface area contributed by atoms with E-state index in [4.69, 9.17) is 4.74 Å². The Kier molecular flexibility index (Phi) is 5.73. The van der Waals surface area contributed by atoms with E-state index in [1.54, 1.807) is 6.92 Å². The fourth-order valence-corrected chi connectivity index (χ4v) is 5.67. The summed E-state index contributed by atoms with van der Waals surface area (Å²) in [5.74, 6) is -0.451. The number of nitrogens with zero attached hydrogens (tertiary/aromatic N) is 1. The fraction of sp³-hybridized carbons (Fsp3) is 0.478. The molecule has 7 heteroatoms. The molecule has 0 atom stereocenters. The Morgan fingerprint density at radius 2 is 2.00 bits per heavy atom. The summed E-state index contributed by atoms with van der Waals surface area (Å²) in [6, 6.07) is 8.04. The fourth-order valence-electron chi connectivity index (χ4n) is 4.38. The minimum atomic E-state index is -0.333. The number of para-hydroxylation sites is 2. The highest BCUT2D eigenvalue weighted by Crippen LogP contribution is 2.39. The van der Waals surface area contributed by atoms with Crippen LogP contribution in [-0.4, -0.2) is 37.1 Å². The van der Waals surface area contributed by atoms with Crippen molar-refractivity contribution in [1.82, 2.24) is 0 Å². The molecular formula is C23H29N3O3S. The lowest BCUT2D eigenvalue weighted by atomic mass is 9.95. The van der Waals surface area contributed by atoms with E-state index in [1.165, 1.54) is 16.2 Å². The summed E-state index contributed by atoms with van der Waals surface area (Å²) in [5.41, 5.74) is 3.52. The summed E-state index contributed by atoms with van der Waals surface area (Å²) >= 11 is 1.53. The molecular weight excluding hydrogens is 398 g/mol. The molecule has 2 heterocycles. The zero-order valence-electron chi connectivity index (χ0n) is 17.8. The number of thiophene rings is 1. The van der Waals surface area contributed by atoms with Crippen molar-refractivity contribution in [2.45, 2.75) is 52.0 Å². The van der Waals surface area contributed by atoms with Gasteiger partial charge in [0.05, 0.1) is 30.1 Å². The highest BCUT2D eigenvalue weighted by molar-refractivity contribution is 7.17. The van der Waals surface area contributed by atoms with Gasteiger partial charge in [-0.1, -0.05) is 12.1 Å². The SMILES string of the molecule is CCOC(=O)c1c(NC(=O)CN2CC(C)(C)Nc3ccccc32)sc2c1CCCC2. The van der Waals surface area contributed by atoms with E-state index in [1.807, 2.05) is 24.3 Å². The summed E-state index contributed by atoms with van der Waals surface area (Å²) in [7, 11) is 0. The summed E-state index contributed by atoms with van der Waals surface area (Å²) < 4.78 is 5.30. The van der Waals surface area contributed by atoms with E-state index in [9.17, 15) is 9.59 Å². The van der Waals surface area contributed by atoms with Gasteiger partial charge >= 0.3 is 5.97 Å². The molecule has 1 aromatic heterocycles. The Balaban J connectivity index is 1.56. The van der Waals surface area contributed by atoms with Crippen LogP contribution in [0.25, 0.3) is 0 Å². The largest absolute Gasteiger partial charge is 0.462 e. The Hall–Kier alpha value is -2.54. The van der Waals surface area contributed by atoms with E-state index >= 15 is 0 Å².